The van der Waals surface area contributed by atoms with Gasteiger partial charge in [-0.3, -0.25) is 0 Å². The fraction of sp³-hybridized carbons (Fsp3) is 0.925. The number of rotatable bonds is 34. The summed E-state index contributed by atoms with van der Waals surface area (Å²) in [6.07, 6.45) is 50.4. The molecule has 42 heavy (non-hydrogen) atoms. The van der Waals surface area contributed by atoms with Gasteiger partial charge in [0, 0.05) is 6.42 Å². The Kier molecular flexibility index (Phi) is 29.5. The highest BCUT2D eigenvalue weighted by atomic mass is 15.1. The van der Waals surface area contributed by atoms with Crippen molar-refractivity contribution in [1.29, 1.82) is 0 Å². The maximum atomic E-state index is 2.62. The summed E-state index contributed by atoms with van der Waals surface area (Å²) in [5.41, 5.74) is 0. The maximum absolute atomic E-state index is 2.62. The highest BCUT2D eigenvalue weighted by molar-refractivity contribution is 4.84. The highest BCUT2D eigenvalue weighted by Crippen LogP contribution is 2.15. The normalized spacial score (nSPS) is 11.6. The molecule has 0 spiro atoms. The van der Waals surface area contributed by atoms with Gasteiger partial charge in [-0.15, -0.1) is 0 Å². The number of nitrogens with zero attached hydrogens (tertiary/aromatic N) is 2. The van der Waals surface area contributed by atoms with E-state index in [2.05, 4.69) is 42.3 Å². The molecule has 0 radical (unpaired) electrons. The van der Waals surface area contributed by atoms with Gasteiger partial charge in [0.15, 0.2) is 0 Å². The molecule has 0 bridgehead atoms. The van der Waals surface area contributed by atoms with Gasteiger partial charge < -0.3 is 0 Å². The second-order valence-corrected chi connectivity index (χ2v) is 13.8. The third-order valence-electron chi connectivity index (χ3n) is 9.60. The lowest BCUT2D eigenvalue weighted by Gasteiger charge is -2.07. The van der Waals surface area contributed by atoms with Crippen molar-refractivity contribution < 1.29 is 4.57 Å². The molecule has 0 saturated carbocycles. The molecule has 248 valence electrons. The SMILES string of the molecule is CCCCCCCCCCCCCCCCCCc1n(CCCCCC)cc[n+]1CCCCCCCCCCCCC. The van der Waals surface area contributed by atoms with Crippen molar-refractivity contribution in [3.63, 3.8) is 0 Å². The lowest BCUT2D eigenvalue weighted by Crippen LogP contribution is -2.37. The summed E-state index contributed by atoms with van der Waals surface area (Å²) >= 11 is 0. The first kappa shape index (κ1) is 39.2. The molecule has 0 amide bonds. The Balaban J connectivity index is 2.16. The number of hydrogen-bond donors (Lipinski definition) is 0. The van der Waals surface area contributed by atoms with Crippen molar-refractivity contribution in [3.05, 3.63) is 18.2 Å². The van der Waals surface area contributed by atoms with Crippen LogP contribution in [0.25, 0.3) is 0 Å². The molecule has 0 aromatic carbocycles. The topological polar surface area (TPSA) is 8.81 Å². The standard InChI is InChI=1S/C40H79N2/c1-4-7-10-13-15-17-19-20-21-22-23-24-26-28-30-32-35-40-41(36-33-12-9-6-3)38-39-42(40)37-34-31-29-27-25-18-16-14-11-8-5-2/h38-39H,4-37H2,1-3H3/q+1. The first-order valence-electron chi connectivity index (χ1n) is 19.9. The van der Waals surface area contributed by atoms with E-state index in [0.29, 0.717) is 0 Å². The van der Waals surface area contributed by atoms with Crippen LogP contribution in [0.15, 0.2) is 12.4 Å². The highest BCUT2D eigenvalue weighted by Gasteiger charge is 2.16. The molecule has 0 fully saturated rings. The van der Waals surface area contributed by atoms with Gasteiger partial charge in [0.2, 0.25) is 0 Å². The zero-order chi connectivity index (χ0) is 30.2. The Morgan fingerprint density at radius 3 is 1.14 bits per heavy atom. The fourth-order valence-electron chi connectivity index (χ4n) is 6.68. The maximum Gasteiger partial charge on any atom is 0.256 e. The first-order chi connectivity index (χ1) is 20.8. The smallest absolute Gasteiger partial charge is 0.234 e. The van der Waals surface area contributed by atoms with Gasteiger partial charge >= 0.3 is 0 Å². The van der Waals surface area contributed by atoms with E-state index in [1.54, 1.807) is 5.82 Å². The molecule has 0 aliphatic heterocycles. The summed E-state index contributed by atoms with van der Waals surface area (Å²) in [4.78, 5) is 0. The summed E-state index contributed by atoms with van der Waals surface area (Å²) in [7, 11) is 0. The average molecular weight is 588 g/mol. The number of aryl methyl sites for hydroxylation is 2. The third-order valence-corrected chi connectivity index (χ3v) is 9.60. The van der Waals surface area contributed by atoms with Crippen LogP contribution in [0.1, 0.15) is 226 Å². The molecule has 1 aromatic rings. The molecule has 0 aliphatic carbocycles. The summed E-state index contributed by atoms with van der Waals surface area (Å²) < 4.78 is 5.23. The van der Waals surface area contributed by atoms with Gasteiger partial charge in [-0.05, 0) is 32.1 Å². The molecule has 0 atom stereocenters. The Labute approximate surface area is 266 Å². The Morgan fingerprint density at radius 2 is 0.738 bits per heavy atom. The van der Waals surface area contributed by atoms with Gasteiger partial charge in [0.05, 0.1) is 13.1 Å². The van der Waals surface area contributed by atoms with Crippen molar-refractivity contribution in [2.75, 3.05) is 0 Å². The zero-order valence-corrected chi connectivity index (χ0v) is 29.6. The van der Waals surface area contributed by atoms with Crippen LogP contribution in [0, 0.1) is 0 Å². The van der Waals surface area contributed by atoms with Crippen molar-refractivity contribution in [2.24, 2.45) is 0 Å². The Hall–Kier alpha value is -0.790. The summed E-state index contributed by atoms with van der Waals surface area (Å²) in [5, 5.41) is 0. The second-order valence-electron chi connectivity index (χ2n) is 13.8. The summed E-state index contributed by atoms with van der Waals surface area (Å²) in [5.74, 6) is 1.61. The predicted octanol–water partition coefficient (Wildman–Crippen LogP) is 13.5. The van der Waals surface area contributed by atoms with E-state index in [1.165, 1.54) is 219 Å². The molecule has 2 heteroatoms. The van der Waals surface area contributed by atoms with E-state index in [9.17, 15) is 0 Å². The van der Waals surface area contributed by atoms with E-state index in [0.717, 1.165) is 0 Å². The summed E-state index contributed by atoms with van der Waals surface area (Å²) in [6, 6.07) is 0. The van der Waals surface area contributed by atoms with Gasteiger partial charge in [-0.1, -0.05) is 188 Å². The number of unbranched alkanes of at least 4 members (excludes halogenated alkanes) is 28. The molecule has 1 aromatic heterocycles. The van der Waals surface area contributed by atoms with Crippen LogP contribution in [-0.2, 0) is 19.5 Å². The van der Waals surface area contributed by atoms with Crippen molar-refractivity contribution in [1.82, 2.24) is 4.57 Å². The molecule has 1 heterocycles. The molecule has 0 unspecified atom stereocenters. The Morgan fingerprint density at radius 1 is 0.405 bits per heavy atom. The lowest BCUT2D eigenvalue weighted by molar-refractivity contribution is -0.704. The fourth-order valence-corrected chi connectivity index (χ4v) is 6.68. The minimum Gasteiger partial charge on any atom is -0.234 e. The average Bonchev–Trinajstić information content (AvgIpc) is 3.38. The van der Waals surface area contributed by atoms with E-state index in [1.807, 2.05) is 0 Å². The Bertz CT molecular complexity index is 648. The number of imidazole rings is 1. The monoisotopic (exact) mass is 588 g/mol. The van der Waals surface area contributed by atoms with Crippen LogP contribution in [0.4, 0.5) is 0 Å². The zero-order valence-electron chi connectivity index (χ0n) is 29.6. The molecule has 1 rings (SSSR count). The van der Waals surface area contributed by atoms with Crippen LogP contribution in [0.2, 0.25) is 0 Å². The van der Waals surface area contributed by atoms with Gasteiger partial charge in [0.25, 0.3) is 5.82 Å². The van der Waals surface area contributed by atoms with Crippen LogP contribution in [0.5, 0.6) is 0 Å². The molecule has 0 saturated heterocycles. The van der Waals surface area contributed by atoms with Crippen LogP contribution in [0.3, 0.4) is 0 Å². The van der Waals surface area contributed by atoms with Gasteiger partial charge in [-0.2, -0.15) is 0 Å². The van der Waals surface area contributed by atoms with Crippen LogP contribution in [-0.4, -0.2) is 4.57 Å². The van der Waals surface area contributed by atoms with E-state index in [-0.39, 0.29) is 0 Å². The van der Waals surface area contributed by atoms with Gasteiger partial charge in [0.1, 0.15) is 12.4 Å². The first-order valence-corrected chi connectivity index (χ1v) is 19.9. The molecule has 2 nitrogen and oxygen atoms in total. The lowest BCUT2D eigenvalue weighted by atomic mass is 10.0. The molecule has 0 aliphatic rings. The molecule has 0 N–H and O–H groups in total. The van der Waals surface area contributed by atoms with Crippen molar-refractivity contribution in [3.8, 4) is 0 Å². The minimum atomic E-state index is 1.22. The number of aromatic nitrogens is 2. The van der Waals surface area contributed by atoms with Crippen LogP contribution >= 0.6 is 0 Å². The van der Waals surface area contributed by atoms with E-state index >= 15 is 0 Å². The van der Waals surface area contributed by atoms with Crippen molar-refractivity contribution in [2.45, 2.75) is 239 Å². The van der Waals surface area contributed by atoms with E-state index in [4.69, 9.17) is 0 Å². The largest absolute Gasteiger partial charge is 0.256 e. The third kappa shape index (κ3) is 23.6. The number of hydrogen-bond acceptors (Lipinski definition) is 0. The van der Waals surface area contributed by atoms with Crippen molar-refractivity contribution >= 4 is 0 Å². The molecular formula is C40H79N2+. The van der Waals surface area contributed by atoms with Crippen LogP contribution < -0.4 is 4.57 Å². The van der Waals surface area contributed by atoms with E-state index < -0.39 is 0 Å². The van der Waals surface area contributed by atoms with Gasteiger partial charge in [-0.25, -0.2) is 9.13 Å². The summed E-state index contributed by atoms with van der Waals surface area (Å²) in [6.45, 7) is 9.39. The second kappa shape index (κ2) is 31.6. The quantitative estimate of drug-likeness (QED) is 0.0560. The predicted molar refractivity (Wildman–Crippen MR) is 188 cm³/mol. The minimum absolute atomic E-state index is 1.22. The molecular weight excluding hydrogens is 508 g/mol.